The lowest BCUT2D eigenvalue weighted by Gasteiger charge is -2.28. The van der Waals surface area contributed by atoms with Crippen molar-refractivity contribution in [1.29, 1.82) is 0 Å². The summed E-state index contributed by atoms with van der Waals surface area (Å²) in [5.41, 5.74) is 4.87. The minimum atomic E-state index is 0.0513. The maximum atomic E-state index is 12.4. The van der Waals surface area contributed by atoms with Gasteiger partial charge in [0.05, 0.1) is 0 Å². The Morgan fingerprint density at radius 1 is 1.09 bits per heavy atom. The number of rotatable bonds is 3. The second-order valence-electron chi connectivity index (χ2n) is 5.82. The van der Waals surface area contributed by atoms with Crippen LogP contribution in [0.1, 0.15) is 22.3 Å². The summed E-state index contributed by atoms with van der Waals surface area (Å²) in [4.78, 5) is 14.3. The molecular formula is C19H21NO2. The highest BCUT2D eigenvalue weighted by Gasteiger charge is 2.20. The molecule has 0 aromatic heterocycles. The smallest absolute Gasteiger partial charge is 0.260 e. The summed E-state index contributed by atoms with van der Waals surface area (Å²) in [6.07, 6.45) is 0.922. The number of amides is 1. The van der Waals surface area contributed by atoms with Crippen molar-refractivity contribution < 1.29 is 9.53 Å². The van der Waals surface area contributed by atoms with Crippen molar-refractivity contribution in [3.63, 3.8) is 0 Å². The lowest BCUT2D eigenvalue weighted by atomic mass is 10.00. The van der Waals surface area contributed by atoms with Crippen LogP contribution in [0.25, 0.3) is 0 Å². The largest absolute Gasteiger partial charge is 0.483 e. The zero-order valence-corrected chi connectivity index (χ0v) is 13.1. The van der Waals surface area contributed by atoms with Gasteiger partial charge in [-0.2, -0.15) is 0 Å². The van der Waals surface area contributed by atoms with Gasteiger partial charge < -0.3 is 9.64 Å². The first-order chi connectivity index (χ1) is 10.6. The van der Waals surface area contributed by atoms with Gasteiger partial charge in [-0.1, -0.05) is 36.4 Å². The molecule has 0 atom stereocenters. The minimum Gasteiger partial charge on any atom is -0.483 e. The van der Waals surface area contributed by atoms with Crippen LogP contribution in [0.5, 0.6) is 5.75 Å². The van der Waals surface area contributed by atoms with Crippen LogP contribution in [0, 0.1) is 13.8 Å². The second kappa shape index (κ2) is 6.22. The number of nitrogens with zero attached hydrogens (tertiary/aromatic N) is 1. The Morgan fingerprint density at radius 2 is 1.86 bits per heavy atom. The number of ether oxygens (including phenoxy) is 1. The van der Waals surface area contributed by atoms with Gasteiger partial charge in [-0.05, 0) is 48.6 Å². The zero-order chi connectivity index (χ0) is 15.5. The van der Waals surface area contributed by atoms with E-state index in [1.807, 2.05) is 43.0 Å². The molecule has 1 heterocycles. The van der Waals surface area contributed by atoms with E-state index in [-0.39, 0.29) is 12.5 Å². The Balaban J connectivity index is 1.63. The van der Waals surface area contributed by atoms with Crippen LogP contribution in [-0.2, 0) is 17.8 Å². The van der Waals surface area contributed by atoms with Gasteiger partial charge in [-0.15, -0.1) is 0 Å². The van der Waals surface area contributed by atoms with Crippen LogP contribution >= 0.6 is 0 Å². The van der Waals surface area contributed by atoms with E-state index in [0.717, 1.165) is 24.3 Å². The topological polar surface area (TPSA) is 29.5 Å². The molecule has 3 rings (SSSR count). The Labute approximate surface area is 131 Å². The number of carbonyl (C=O) groups is 1. The minimum absolute atomic E-state index is 0.0513. The van der Waals surface area contributed by atoms with Crippen molar-refractivity contribution in [3.05, 3.63) is 64.7 Å². The van der Waals surface area contributed by atoms with Crippen LogP contribution < -0.4 is 4.74 Å². The molecule has 0 unspecified atom stereocenters. The SMILES string of the molecule is Cc1cccc(OCC(=O)N2CCc3ccccc3C2)c1C. The van der Waals surface area contributed by atoms with Crippen LogP contribution in [0.15, 0.2) is 42.5 Å². The molecule has 0 saturated heterocycles. The average Bonchev–Trinajstić information content (AvgIpc) is 2.55. The van der Waals surface area contributed by atoms with Gasteiger partial charge in [0, 0.05) is 13.1 Å². The quantitative estimate of drug-likeness (QED) is 0.870. The molecule has 0 aliphatic carbocycles. The van der Waals surface area contributed by atoms with Gasteiger partial charge in [0.25, 0.3) is 5.91 Å². The van der Waals surface area contributed by atoms with Gasteiger partial charge >= 0.3 is 0 Å². The number of carbonyl (C=O) groups excluding carboxylic acids is 1. The number of hydrogen-bond acceptors (Lipinski definition) is 2. The fraction of sp³-hybridized carbons (Fsp3) is 0.316. The average molecular weight is 295 g/mol. The van der Waals surface area contributed by atoms with Crippen molar-refractivity contribution in [1.82, 2.24) is 4.90 Å². The van der Waals surface area contributed by atoms with E-state index in [2.05, 4.69) is 18.2 Å². The first-order valence-corrected chi connectivity index (χ1v) is 7.69. The first kappa shape index (κ1) is 14.6. The molecule has 0 spiro atoms. The van der Waals surface area contributed by atoms with E-state index in [1.165, 1.54) is 16.7 Å². The van der Waals surface area contributed by atoms with E-state index in [0.29, 0.717) is 6.54 Å². The molecule has 2 aromatic carbocycles. The third-order valence-electron chi connectivity index (χ3n) is 4.39. The monoisotopic (exact) mass is 295 g/mol. The van der Waals surface area contributed by atoms with Crippen LogP contribution in [-0.4, -0.2) is 24.0 Å². The standard InChI is InChI=1S/C19H21NO2/c1-14-6-5-9-18(15(14)2)22-13-19(21)20-11-10-16-7-3-4-8-17(16)12-20/h3-9H,10-13H2,1-2H3. The van der Waals surface area contributed by atoms with Gasteiger partial charge in [-0.3, -0.25) is 4.79 Å². The predicted octanol–water partition coefficient (Wildman–Crippen LogP) is 3.27. The molecule has 3 nitrogen and oxygen atoms in total. The lowest BCUT2D eigenvalue weighted by Crippen LogP contribution is -2.38. The number of hydrogen-bond donors (Lipinski definition) is 0. The molecule has 1 aliphatic heterocycles. The Hall–Kier alpha value is -2.29. The van der Waals surface area contributed by atoms with Crippen molar-refractivity contribution in [3.8, 4) is 5.75 Å². The normalized spacial score (nSPS) is 13.6. The zero-order valence-electron chi connectivity index (χ0n) is 13.1. The third kappa shape index (κ3) is 2.98. The number of benzene rings is 2. The maximum absolute atomic E-state index is 12.4. The van der Waals surface area contributed by atoms with Crippen LogP contribution in [0.4, 0.5) is 0 Å². The maximum Gasteiger partial charge on any atom is 0.260 e. The molecule has 114 valence electrons. The second-order valence-corrected chi connectivity index (χ2v) is 5.82. The molecule has 0 N–H and O–H groups in total. The van der Waals surface area contributed by atoms with Crippen molar-refractivity contribution in [2.75, 3.05) is 13.2 Å². The fourth-order valence-corrected chi connectivity index (χ4v) is 2.82. The third-order valence-corrected chi connectivity index (χ3v) is 4.39. The predicted molar refractivity (Wildman–Crippen MR) is 87.0 cm³/mol. The highest BCUT2D eigenvalue weighted by molar-refractivity contribution is 5.78. The van der Waals surface area contributed by atoms with Crippen molar-refractivity contribution >= 4 is 5.91 Å². The first-order valence-electron chi connectivity index (χ1n) is 7.69. The summed E-state index contributed by atoms with van der Waals surface area (Å²) < 4.78 is 5.73. The molecule has 22 heavy (non-hydrogen) atoms. The molecule has 0 saturated carbocycles. The summed E-state index contributed by atoms with van der Waals surface area (Å²) in [5.74, 6) is 0.848. The van der Waals surface area contributed by atoms with Crippen molar-refractivity contribution in [2.45, 2.75) is 26.8 Å². The molecule has 1 aliphatic rings. The molecule has 0 radical (unpaired) electrons. The Kier molecular flexibility index (Phi) is 4.14. The summed E-state index contributed by atoms with van der Waals surface area (Å²) >= 11 is 0. The molecule has 1 amide bonds. The fourth-order valence-electron chi connectivity index (χ4n) is 2.82. The Morgan fingerprint density at radius 3 is 2.68 bits per heavy atom. The number of fused-ring (bicyclic) bond motifs is 1. The highest BCUT2D eigenvalue weighted by atomic mass is 16.5. The lowest BCUT2D eigenvalue weighted by molar-refractivity contribution is -0.134. The van der Waals surface area contributed by atoms with Gasteiger partial charge in [-0.25, -0.2) is 0 Å². The highest BCUT2D eigenvalue weighted by Crippen LogP contribution is 2.22. The van der Waals surface area contributed by atoms with E-state index < -0.39 is 0 Å². The molecule has 3 heteroatoms. The van der Waals surface area contributed by atoms with Crippen molar-refractivity contribution in [2.24, 2.45) is 0 Å². The van der Waals surface area contributed by atoms with E-state index in [4.69, 9.17) is 4.74 Å². The van der Waals surface area contributed by atoms with E-state index in [9.17, 15) is 4.79 Å². The summed E-state index contributed by atoms with van der Waals surface area (Å²) in [5, 5.41) is 0. The van der Waals surface area contributed by atoms with Crippen LogP contribution in [0.3, 0.4) is 0 Å². The summed E-state index contributed by atoms with van der Waals surface area (Å²) in [6.45, 7) is 5.63. The summed E-state index contributed by atoms with van der Waals surface area (Å²) in [7, 11) is 0. The molecule has 0 bridgehead atoms. The summed E-state index contributed by atoms with van der Waals surface area (Å²) in [6, 6.07) is 14.2. The van der Waals surface area contributed by atoms with E-state index >= 15 is 0 Å². The molecule has 2 aromatic rings. The number of aryl methyl sites for hydroxylation is 1. The van der Waals surface area contributed by atoms with Gasteiger partial charge in [0.1, 0.15) is 5.75 Å². The Bertz CT molecular complexity index is 694. The van der Waals surface area contributed by atoms with E-state index in [1.54, 1.807) is 0 Å². The van der Waals surface area contributed by atoms with Gasteiger partial charge in [0.2, 0.25) is 0 Å². The van der Waals surface area contributed by atoms with Crippen LogP contribution in [0.2, 0.25) is 0 Å². The molecular weight excluding hydrogens is 274 g/mol. The molecule has 0 fully saturated rings. The van der Waals surface area contributed by atoms with Gasteiger partial charge in [0.15, 0.2) is 6.61 Å².